The maximum absolute atomic E-state index is 9.07. The van der Waals surface area contributed by atoms with Crippen LogP contribution in [-0.2, 0) is 0 Å². The first-order valence-electron chi connectivity index (χ1n) is 22.2. The number of fused-ring (bicyclic) bond motifs is 16. The third kappa shape index (κ3) is 4.03. The average Bonchev–Trinajstić information content (AvgIpc) is 3.88. The lowest BCUT2D eigenvalue weighted by Crippen LogP contribution is -2.61. The summed E-state index contributed by atoms with van der Waals surface area (Å²) in [5.74, 6) is 0. The van der Waals surface area contributed by atoms with E-state index in [0.29, 0.717) is 33.1 Å². The molecule has 4 nitrogen and oxygen atoms in total. The smallest absolute Gasteiger partial charge is 0.252 e. The normalized spacial score (nSPS) is 15.3. The second kappa shape index (κ2) is 11.2. The molecule has 0 fully saturated rings. The van der Waals surface area contributed by atoms with Crippen molar-refractivity contribution in [3.8, 4) is 0 Å². The predicted octanol–water partition coefficient (Wildman–Crippen LogP) is 12.5. The zero-order valence-corrected chi connectivity index (χ0v) is 30.4. The van der Waals surface area contributed by atoms with Crippen LogP contribution in [0.25, 0.3) is 65.4 Å². The molecule has 0 saturated heterocycles. The summed E-state index contributed by atoms with van der Waals surface area (Å²) in [5.41, 5.74) is 9.44. The molecule has 2 aromatic heterocycles. The van der Waals surface area contributed by atoms with Gasteiger partial charge in [-0.15, -0.1) is 0 Å². The first-order valence-corrected chi connectivity index (χ1v) is 19.2. The minimum Gasteiger partial charge on any atom is -0.456 e. The molecule has 266 valence electrons. The summed E-state index contributed by atoms with van der Waals surface area (Å²) < 4.78 is 67.9. The standard InChI is InChI=1S/C52H33BN2O2/c1-30-28-38-49(46-44-36-20-11-9-14-32(36)24-26-42(44)56-51(30)46)54(34-16-5-3-6-17-34)40-22-13-23-41-48(40)53(38)39-29-31(2)52-47(50(39)55(41)35-18-7-4-8-19-35)45-37-21-12-10-15-33(37)25-27-43(45)57-52/h3-29H,1-2H3/i1D3,2D3. The van der Waals surface area contributed by atoms with E-state index >= 15 is 0 Å². The zero-order valence-electron chi connectivity index (χ0n) is 36.4. The minimum absolute atomic E-state index is 0.0920. The van der Waals surface area contributed by atoms with Crippen LogP contribution in [0.15, 0.2) is 173 Å². The summed E-state index contributed by atoms with van der Waals surface area (Å²) in [6.45, 7) is -5.78. The van der Waals surface area contributed by atoms with Gasteiger partial charge in [-0.05, 0) is 111 Å². The van der Waals surface area contributed by atoms with Crippen LogP contribution < -0.4 is 26.2 Å². The van der Waals surface area contributed by atoms with Gasteiger partial charge >= 0.3 is 0 Å². The van der Waals surface area contributed by atoms with Crippen molar-refractivity contribution in [2.45, 2.75) is 13.7 Å². The minimum atomic E-state index is -2.57. The SMILES string of the molecule is [2H]C([2H])([2H])c1cc2c(c3c1oc1ccc4ccccc4c13)N(c1ccccc1)c1cccc3c1B2c1cc(C([2H])([2H])[2H])c2oc4ccc5ccccc5c4c2c1N3c1ccccc1. The quantitative estimate of drug-likeness (QED) is 0.166. The Kier molecular flexibility index (Phi) is 5.05. The fraction of sp³-hybridized carbons (Fsp3) is 0.0385. The highest BCUT2D eigenvalue weighted by molar-refractivity contribution is 7.01. The van der Waals surface area contributed by atoms with Crippen molar-refractivity contribution in [3.63, 3.8) is 0 Å². The van der Waals surface area contributed by atoms with E-state index < -0.39 is 20.4 Å². The summed E-state index contributed by atoms with van der Waals surface area (Å²) in [6.07, 6.45) is 0. The third-order valence-corrected chi connectivity index (χ3v) is 12.2. The molecule has 0 N–H and O–H groups in total. The van der Waals surface area contributed by atoms with Gasteiger partial charge in [0, 0.05) is 41.7 Å². The zero-order chi connectivity index (χ0) is 42.5. The second-order valence-electron chi connectivity index (χ2n) is 15.1. The predicted molar refractivity (Wildman–Crippen MR) is 240 cm³/mol. The van der Waals surface area contributed by atoms with E-state index in [1.54, 1.807) is 12.1 Å². The molecule has 57 heavy (non-hydrogen) atoms. The van der Waals surface area contributed by atoms with E-state index in [1.807, 2.05) is 84.9 Å². The van der Waals surface area contributed by atoms with Gasteiger partial charge in [-0.3, -0.25) is 0 Å². The highest BCUT2D eigenvalue weighted by Gasteiger charge is 2.46. The summed E-state index contributed by atoms with van der Waals surface area (Å²) in [4.78, 5) is 4.48. The van der Waals surface area contributed by atoms with Crippen LogP contribution in [0.5, 0.6) is 0 Å². The molecule has 13 rings (SSSR count). The monoisotopic (exact) mass is 734 g/mol. The van der Waals surface area contributed by atoms with E-state index in [9.17, 15) is 0 Å². The Morgan fingerprint density at radius 3 is 1.39 bits per heavy atom. The first-order chi connectivity index (χ1) is 30.6. The van der Waals surface area contributed by atoms with Gasteiger partial charge in [-0.25, -0.2) is 0 Å². The Balaban J connectivity index is 1.29. The number of furan rings is 2. The Bertz CT molecular complexity index is 3510. The van der Waals surface area contributed by atoms with Gasteiger partial charge < -0.3 is 18.6 Å². The summed E-state index contributed by atoms with van der Waals surface area (Å²) in [5, 5.41) is 6.88. The number of benzene rings is 9. The molecular formula is C52H33BN2O2. The molecule has 0 atom stereocenters. The van der Waals surface area contributed by atoms with Crippen LogP contribution in [0.2, 0.25) is 0 Å². The summed E-state index contributed by atoms with van der Waals surface area (Å²) in [6, 6.07) is 54.3. The maximum Gasteiger partial charge on any atom is 0.252 e. The van der Waals surface area contributed by atoms with Gasteiger partial charge in [0.15, 0.2) is 0 Å². The fourth-order valence-electron chi connectivity index (χ4n) is 10.00. The molecule has 0 bridgehead atoms. The third-order valence-electron chi connectivity index (χ3n) is 12.2. The lowest BCUT2D eigenvalue weighted by Gasteiger charge is -2.44. The van der Waals surface area contributed by atoms with Crippen LogP contribution in [0, 0.1) is 13.7 Å². The lowest BCUT2D eigenvalue weighted by molar-refractivity contribution is 0.666. The number of rotatable bonds is 2. The lowest BCUT2D eigenvalue weighted by atomic mass is 9.33. The molecule has 0 radical (unpaired) electrons. The van der Waals surface area contributed by atoms with Crippen molar-refractivity contribution in [1.82, 2.24) is 0 Å². The Labute approximate surface area is 337 Å². The Morgan fingerprint density at radius 1 is 0.456 bits per heavy atom. The summed E-state index contributed by atoms with van der Waals surface area (Å²) in [7, 11) is 0. The Morgan fingerprint density at radius 2 is 0.912 bits per heavy atom. The van der Waals surface area contributed by atoms with Gasteiger partial charge in [-0.1, -0.05) is 115 Å². The van der Waals surface area contributed by atoms with Gasteiger partial charge in [0.05, 0.1) is 22.1 Å². The number of hydrogen-bond donors (Lipinski definition) is 0. The number of nitrogens with zero attached hydrogens (tertiary/aromatic N) is 2. The number of para-hydroxylation sites is 2. The number of anilines is 6. The van der Waals surface area contributed by atoms with Crippen molar-refractivity contribution < 1.29 is 17.1 Å². The van der Waals surface area contributed by atoms with E-state index in [4.69, 9.17) is 17.1 Å². The molecule has 5 heteroatoms. The highest BCUT2D eigenvalue weighted by atomic mass is 16.3. The second-order valence-corrected chi connectivity index (χ2v) is 15.1. The summed E-state index contributed by atoms with van der Waals surface area (Å²) >= 11 is 0. The van der Waals surface area contributed by atoms with Crippen molar-refractivity contribution >= 4 is 123 Å². The fourth-order valence-corrected chi connectivity index (χ4v) is 10.00. The molecule has 0 aliphatic carbocycles. The van der Waals surface area contributed by atoms with Gasteiger partial charge in [0.2, 0.25) is 0 Å². The van der Waals surface area contributed by atoms with E-state index in [-0.39, 0.29) is 11.1 Å². The molecular weight excluding hydrogens is 695 g/mol. The van der Waals surface area contributed by atoms with Gasteiger partial charge in [0.25, 0.3) is 6.71 Å². The van der Waals surface area contributed by atoms with Gasteiger partial charge in [-0.2, -0.15) is 0 Å². The van der Waals surface area contributed by atoms with E-state index in [0.717, 1.165) is 82.8 Å². The number of aryl methyl sites for hydroxylation is 2. The first kappa shape index (κ1) is 25.8. The Hall–Kier alpha value is -7.24. The molecule has 0 amide bonds. The van der Waals surface area contributed by atoms with Crippen molar-refractivity contribution in [2.24, 2.45) is 0 Å². The molecule has 4 heterocycles. The molecule has 2 aliphatic heterocycles. The average molecular weight is 735 g/mol. The van der Waals surface area contributed by atoms with Crippen LogP contribution in [-0.4, -0.2) is 6.71 Å². The van der Waals surface area contributed by atoms with Crippen molar-refractivity contribution in [3.05, 3.63) is 175 Å². The van der Waals surface area contributed by atoms with E-state index in [2.05, 4.69) is 76.5 Å². The molecule has 2 aliphatic rings. The largest absolute Gasteiger partial charge is 0.456 e. The van der Waals surface area contributed by atoms with Crippen LogP contribution >= 0.6 is 0 Å². The molecule has 0 unspecified atom stereocenters. The maximum atomic E-state index is 9.07. The van der Waals surface area contributed by atoms with Crippen LogP contribution in [0.3, 0.4) is 0 Å². The molecule has 11 aromatic rings. The van der Waals surface area contributed by atoms with Crippen molar-refractivity contribution in [2.75, 3.05) is 9.80 Å². The van der Waals surface area contributed by atoms with Crippen LogP contribution in [0.4, 0.5) is 34.1 Å². The topological polar surface area (TPSA) is 32.8 Å². The number of hydrogen-bond acceptors (Lipinski definition) is 4. The molecule has 0 spiro atoms. The van der Waals surface area contributed by atoms with Crippen LogP contribution in [0.1, 0.15) is 19.4 Å². The molecule has 0 saturated carbocycles. The van der Waals surface area contributed by atoms with Gasteiger partial charge in [0.1, 0.15) is 22.3 Å². The molecule has 9 aromatic carbocycles. The van der Waals surface area contributed by atoms with E-state index in [1.165, 1.54) is 0 Å². The highest BCUT2D eigenvalue weighted by Crippen LogP contribution is 2.51. The van der Waals surface area contributed by atoms with Crippen molar-refractivity contribution in [1.29, 1.82) is 0 Å².